The van der Waals surface area contributed by atoms with Gasteiger partial charge in [-0.25, -0.2) is 14.4 Å². The van der Waals surface area contributed by atoms with Gasteiger partial charge in [-0.15, -0.1) is 0 Å². The average molecular weight is 526 g/mol. The maximum atomic E-state index is 13.6. The van der Waals surface area contributed by atoms with Gasteiger partial charge in [0.2, 0.25) is 11.9 Å². The van der Waals surface area contributed by atoms with Gasteiger partial charge in [0, 0.05) is 50.0 Å². The Morgan fingerprint density at radius 3 is 2.54 bits per heavy atom. The molecule has 0 radical (unpaired) electrons. The van der Waals surface area contributed by atoms with Crippen molar-refractivity contribution >= 4 is 35.1 Å². The Kier molecular flexibility index (Phi) is 7.12. The predicted molar refractivity (Wildman–Crippen MR) is 142 cm³/mol. The number of rotatable bonds is 5. The number of ether oxygens (including phenoxy) is 1. The van der Waals surface area contributed by atoms with Crippen LogP contribution < -0.4 is 20.4 Å². The number of carbonyl (C=O) groups excluding carboxylic acids is 1. The Morgan fingerprint density at radius 2 is 1.86 bits per heavy atom. The summed E-state index contributed by atoms with van der Waals surface area (Å²) in [4.78, 5) is 32.2. The first-order valence-electron chi connectivity index (χ1n) is 12.3. The number of aromatic nitrogens is 3. The summed E-state index contributed by atoms with van der Waals surface area (Å²) >= 11 is 6.44. The molecule has 37 heavy (non-hydrogen) atoms. The van der Waals surface area contributed by atoms with E-state index in [2.05, 4.69) is 33.5 Å². The van der Waals surface area contributed by atoms with Crippen LogP contribution in [0, 0.1) is 5.82 Å². The SMILES string of the molecule is C[C@@H]1CN(c2ncc(C(N)=O)cc2Cl)CCN1c1cc(-c2ccc(F)cc2)nc(N2CCOC[C@H]2C)n1. The van der Waals surface area contributed by atoms with E-state index in [4.69, 9.17) is 32.0 Å². The van der Waals surface area contributed by atoms with Gasteiger partial charge in [-0.1, -0.05) is 11.6 Å². The monoisotopic (exact) mass is 525 g/mol. The van der Waals surface area contributed by atoms with E-state index in [1.54, 1.807) is 18.2 Å². The lowest BCUT2D eigenvalue weighted by molar-refractivity contribution is 0.0981. The predicted octanol–water partition coefficient (Wildman–Crippen LogP) is 3.37. The minimum atomic E-state index is -0.565. The van der Waals surface area contributed by atoms with Crippen LogP contribution in [0.4, 0.5) is 22.0 Å². The highest BCUT2D eigenvalue weighted by atomic mass is 35.5. The summed E-state index contributed by atoms with van der Waals surface area (Å²) in [7, 11) is 0. The number of hydrogen-bond donors (Lipinski definition) is 1. The van der Waals surface area contributed by atoms with Crippen LogP contribution in [0.2, 0.25) is 5.02 Å². The molecule has 2 fully saturated rings. The van der Waals surface area contributed by atoms with E-state index in [1.807, 2.05) is 6.07 Å². The fourth-order valence-electron chi connectivity index (χ4n) is 4.78. The normalized spacial score (nSPS) is 20.3. The number of amides is 1. The zero-order chi connectivity index (χ0) is 26.1. The molecule has 0 unspecified atom stereocenters. The molecule has 4 heterocycles. The van der Waals surface area contributed by atoms with Crippen molar-refractivity contribution in [2.24, 2.45) is 5.73 Å². The van der Waals surface area contributed by atoms with Crippen LogP contribution in [0.1, 0.15) is 24.2 Å². The van der Waals surface area contributed by atoms with Crippen LogP contribution in [0.15, 0.2) is 42.6 Å². The molecule has 2 saturated heterocycles. The fourth-order valence-corrected chi connectivity index (χ4v) is 5.06. The van der Waals surface area contributed by atoms with Gasteiger partial charge in [0.15, 0.2) is 0 Å². The molecule has 2 atom stereocenters. The van der Waals surface area contributed by atoms with Crippen LogP contribution in [0.5, 0.6) is 0 Å². The number of morpholine rings is 1. The summed E-state index contributed by atoms with van der Waals surface area (Å²) < 4.78 is 19.2. The van der Waals surface area contributed by atoms with Crippen molar-refractivity contribution in [1.82, 2.24) is 15.0 Å². The summed E-state index contributed by atoms with van der Waals surface area (Å²) in [5, 5.41) is 0.390. The molecule has 0 bridgehead atoms. The number of primary amides is 1. The number of benzene rings is 1. The first-order chi connectivity index (χ1) is 17.8. The molecule has 3 aromatic rings. The van der Waals surface area contributed by atoms with Crippen LogP contribution in [-0.4, -0.2) is 72.3 Å². The highest BCUT2D eigenvalue weighted by Gasteiger charge is 2.29. The van der Waals surface area contributed by atoms with E-state index in [-0.39, 0.29) is 23.5 Å². The smallest absolute Gasteiger partial charge is 0.250 e. The second kappa shape index (κ2) is 10.5. The number of carbonyl (C=O) groups is 1. The van der Waals surface area contributed by atoms with Gasteiger partial charge in [-0.2, -0.15) is 4.98 Å². The molecule has 0 spiro atoms. The zero-order valence-corrected chi connectivity index (χ0v) is 21.5. The van der Waals surface area contributed by atoms with E-state index >= 15 is 0 Å². The molecule has 11 heteroatoms. The highest BCUT2D eigenvalue weighted by Crippen LogP contribution is 2.31. The molecule has 9 nitrogen and oxygen atoms in total. The molecule has 2 aliphatic rings. The first-order valence-corrected chi connectivity index (χ1v) is 12.6. The standard InChI is InChI=1S/C26H29ClFN7O2/c1-16-14-33(25-21(27)11-19(13-30-25)24(29)36)7-8-34(16)23-12-22(18-3-5-20(28)6-4-18)31-26(32-23)35-9-10-37-15-17(35)2/h3-6,11-13,16-17H,7-10,14-15H2,1-2H3,(H2,29,36)/t16-,17-/m1/s1. The fraction of sp³-hybridized carbons (Fsp3) is 0.385. The Labute approximate surface area is 220 Å². The lowest BCUT2D eigenvalue weighted by Crippen LogP contribution is -2.53. The van der Waals surface area contributed by atoms with Gasteiger partial charge < -0.3 is 25.2 Å². The van der Waals surface area contributed by atoms with Crippen LogP contribution in [-0.2, 0) is 4.74 Å². The van der Waals surface area contributed by atoms with E-state index in [1.165, 1.54) is 18.3 Å². The molecule has 0 saturated carbocycles. The number of anilines is 3. The van der Waals surface area contributed by atoms with E-state index in [9.17, 15) is 9.18 Å². The van der Waals surface area contributed by atoms with Gasteiger partial charge >= 0.3 is 0 Å². The first kappa shape index (κ1) is 25.2. The number of hydrogen-bond acceptors (Lipinski definition) is 8. The number of halogens is 2. The summed E-state index contributed by atoms with van der Waals surface area (Å²) in [5.74, 6) is 1.20. The maximum absolute atomic E-state index is 13.6. The maximum Gasteiger partial charge on any atom is 0.250 e. The minimum absolute atomic E-state index is 0.0772. The molecule has 1 aromatic carbocycles. The molecular formula is C26H29ClFN7O2. The van der Waals surface area contributed by atoms with Crippen molar-refractivity contribution in [3.63, 3.8) is 0 Å². The summed E-state index contributed by atoms with van der Waals surface area (Å²) in [6.45, 7) is 8.12. The molecule has 194 valence electrons. The Bertz CT molecular complexity index is 1290. The third kappa shape index (κ3) is 5.30. The van der Waals surface area contributed by atoms with Gasteiger partial charge in [-0.3, -0.25) is 4.79 Å². The Balaban J connectivity index is 1.44. The lowest BCUT2D eigenvalue weighted by atomic mass is 10.1. The second-order valence-electron chi connectivity index (χ2n) is 9.42. The second-order valence-corrected chi connectivity index (χ2v) is 9.82. The number of piperazine rings is 1. The molecule has 0 aliphatic carbocycles. The molecule has 2 N–H and O–H groups in total. The van der Waals surface area contributed by atoms with E-state index < -0.39 is 5.91 Å². The number of nitrogens with zero attached hydrogens (tertiary/aromatic N) is 6. The van der Waals surface area contributed by atoms with Crippen LogP contribution >= 0.6 is 11.6 Å². The number of pyridine rings is 1. The summed E-state index contributed by atoms with van der Waals surface area (Å²) in [6.07, 6.45) is 1.45. The zero-order valence-electron chi connectivity index (χ0n) is 20.8. The summed E-state index contributed by atoms with van der Waals surface area (Å²) in [5.41, 5.74) is 7.19. The Morgan fingerprint density at radius 1 is 1.08 bits per heavy atom. The average Bonchev–Trinajstić information content (AvgIpc) is 2.89. The minimum Gasteiger partial charge on any atom is -0.377 e. The van der Waals surface area contributed by atoms with Crippen molar-refractivity contribution in [2.75, 3.05) is 54.1 Å². The molecule has 2 aromatic heterocycles. The molecule has 2 aliphatic heterocycles. The van der Waals surface area contributed by atoms with Gasteiger partial charge in [0.05, 0.1) is 35.5 Å². The van der Waals surface area contributed by atoms with Gasteiger partial charge in [0.25, 0.3) is 0 Å². The van der Waals surface area contributed by atoms with Gasteiger partial charge in [-0.05, 0) is 44.2 Å². The van der Waals surface area contributed by atoms with Crippen molar-refractivity contribution in [2.45, 2.75) is 25.9 Å². The van der Waals surface area contributed by atoms with Gasteiger partial charge in [0.1, 0.15) is 17.5 Å². The van der Waals surface area contributed by atoms with E-state index in [0.717, 1.165) is 17.1 Å². The molecule has 5 rings (SSSR count). The third-order valence-electron chi connectivity index (χ3n) is 6.79. The van der Waals surface area contributed by atoms with Crippen LogP contribution in [0.3, 0.4) is 0 Å². The quantitative estimate of drug-likeness (QED) is 0.541. The largest absolute Gasteiger partial charge is 0.377 e. The topological polar surface area (TPSA) is 101 Å². The summed E-state index contributed by atoms with van der Waals surface area (Å²) in [6, 6.07) is 10.1. The van der Waals surface area contributed by atoms with Crippen molar-refractivity contribution in [3.05, 3.63) is 59.0 Å². The lowest BCUT2D eigenvalue weighted by Gasteiger charge is -2.42. The number of nitrogens with two attached hydrogens (primary N) is 1. The van der Waals surface area contributed by atoms with Crippen LogP contribution in [0.25, 0.3) is 11.3 Å². The van der Waals surface area contributed by atoms with Crippen molar-refractivity contribution < 1.29 is 13.9 Å². The third-order valence-corrected chi connectivity index (χ3v) is 7.07. The van der Waals surface area contributed by atoms with Crippen molar-refractivity contribution in [1.29, 1.82) is 0 Å². The molecular weight excluding hydrogens is 497 g/mol. The van der Waals surface area contributed by atoms with E-state index in [0.29, 0.717) is 56.2 Å². The highest BCUT2D eigenvalue weighted by molar-refractivity contribution is 6.33. The molecule has 1 amide bonds. The Hall–Kier alpha value is -3.50. The van der Waals surface area contributed by atoms with Crippen molar-refractivity contribution in [3.8, 4) is 11.3 Å².